The van der Waals surface area contributed by atoms with Gasteiger partial charge in [0, 0.05) is 0 Å². The summed E-state index contributed by atoms with van der Waals surface area (Å²) in [6, 6.07) is 0. The standard InChI is InChI=1S/C8H8F6O2/c1-2-3-4-6(5(15)16,7(9,10)11)8(12,13)14/h2H,1,3-4H2,(H,15,16). The lowest BCUT2D eigenvalue weighted by Crippen LogP contribution is -2.55. The Morgan fingerprint density at radius 3 is 1.69 bits per heavy atom. The molecule has 2 nitrogen and oxygen atoms in total. The van der Waals surface area contributed by atoms with Crippen molar-refractivity contribution < 1.29 is 36.2 Å². The molecule has 0 atom stereocenters. The molecule has 0 saturated heterocycles. The Bertz CT molecular complexity index is 263. The van der Waals surface area contributed by atoms with Crippen LogP contribution in [0.3, 0.4) is 0 Å². The molecule has 0 bridgehead atoms. The molecule has 0 spiro atoms. The second-order valence-corrected chi connectivity index (χ2v) is 3.03. The second kappa shape index (κ2) is 4.34. The Balaban J connectivity index is 5.60. The number of aliphatic carboxylic acids is 1. The lowest BCUT2D eigenvalue weighted by Gasteiger charge is -2.33. The van der Waals surface area contributed by atoms with E-state index in [4.69, 9.17) is 5.11 Å². The van der Waals surface area contributed by atoms with Gasteiger partial charge >= 0.3 is 18.3 Å². The summed E-state index contributed by atoms with van der Waals surface area (Å²) in [5.74, 6) is -2.95. The van der Waals surface area contributed by atoms with Crippen LogP contribution in [0.5, 0.6) is 0 Å². The molecule has 0 aliphatic carbocycles. The van der Waals surface area contributed by atoms with Crippen molar-refractivity contribution in [1.29, 1.82) is 0 Å². The van der Waals surface area contributed by atoms with Gasteiger partial charge in [-0.2, -0.15) is 26.3 Å². The maximum absolute atomic E-state index is 12.3. The average molecular weight is 250 g/mol. The smallest absolute Gasteiger partial charge is 0.413 e. The fourth-order valence-corrected chi connectivity index (χ4v) is 1.11. The Morgan fingerprint density at radius 2 is 1.50 bits per heavy atom. The number of rotatable bonds is 4. The highest BCUT2D eigenvalue weighted by Crippen LogP contribution is 2.53. The molecule has 0 aliphatic heterocycles. The van der Waals surface area contributed by atoms with Crippen LogP contribution in [-0.4, -0.2) is 23.4 Å². The predicted octanol–water partition coefficient (Wildman–Crippen LogP) is 3.15. The minimum atomic E-state index is -5.90. The number of hydrogen-bond donors (Lipinski definition) is 1. The minimum absolute atomic E-state index is 0.703. The van der Waals surface area contributed by atoms with Gasteiger partial charge in [0.05, 0.1) is 0 Å². The molecule has 0 aromatic rings. The maximum atomic E-state index is 12.3. The summed E-state index contributed by atoms with van der Waals surface area (Å²) in [7, 11) is 0. The first kappa shape index (κ1) is 14.8. The van der Waals surface area contributed by atoms with Gasteiger partial charge in [0.25, 0.3) is 5.41 Å². The number of halogens is 6. The van der Waals surface area contributed by atoms with Crippen molar-refractivity contribution in [3.05, 3.63) is 12.7 Å². The zero-order chi connectivity index (χ0) is 13.2. The number of carbonyl (C=O) groups is 1. The summed E-state index contributed by atoms with van der Waals surface area (Å²) >= 11 is 0. The maximum Gasteiger partial charge on any atom is 0.413 e. The molecular weight excluding hydrogens is 242 g/mol. The molecule has 94 valence electrons. The molecule has 0 amide bonds. The molecule has 0 aromatic heterocycles. The van der Waals surface area contributed by atoms with Gasteiger partial charge in [0.2, 0.25) is 0 Å². The largest absolute Gasteiger partial charge is 0.480 e. The molecule has 0 aromatic carbocycles. The first-order valence-electron chi connectivity index (χ1n) is 3.98. The van der Waals surface area contributed by atoms with Gasteiger partial charge in [-0.15, -0.1) is 6.58 Å². The number of allylic oxidation sites excluding steroid dienone is 1. The van der Waals surface area contributed by atoms with Crippen molar-refractivity contribution >= 4 is 5.97 Å². The zero-order valence-corrected chi connectivity index (χ0v) is 7.82. The van der Waals surface area contributed by atoms with Gasteiger partial charge in [-0.3, -0.25) is 4.79 Å². The molecule has 0 fully saturated rings. The lowest BCUT2D eigenvalue weighted by molar-refractivity contribution is -0.332. The van der Waals surface area contributed by atoms with E-state index in [9.17, 15) is 31.1 Å². The van der Waals surface area contributed by atoms with Gasteiger partial charge in [-0.25, -0.2) is 0 Å². The van der Waals surface area contributed by atoms with Crippen molar-refractivity contribution in [2.45, 2.75) is 25.2 Å². The molecular formula is C8H8F6O2. The number of alkyl halides is 6. The highest BCUT2D eigenvalue weighted by molar-refractivity contribution is 5.76. The Morgan fingerprint density at radius 1 is 1.12 bits per heavy atom. The van der Waals surface area contributed by atoms with E-state index in [1.165, 1.54) is 0 Å². The van der Waals surface area contributed by atoms with Crippen molar-refractivity contribution in [1.82, 2.24) is 0 Å². The number of hydrogen-bond acceptors (Lipinski definition) is 1. The monoisotopic (exact) mass is 250 g/mol. The van der Waals surface area contributed by atoms with Crippen molar-refractivity contribution in [2.75, 3.05) is 0 Å². The summed E-state index contributed by atoms with van der Waals surface area (Å²) in [6.07, 6.45) is -13.3. The highest BCUT2D eigenvalue weighted by atomic mass is 19.4. The molecule has 8 heteroatoms. The van der Waals surface area contributed by atoms with Crippen molar-refractivity contribution in [2.24, 2.45) is 5.41 Å². The van der Waals surface area contributed by atoms with E-state index in [0.29, 0.717) is 0 Å². The van der Waals surface area contributed by atoms with E-state index in [2.05, 4.69) is 6.58 Å². The van der Waals surface area contributed by atoms with Gasteiger partial charge in [-0.1, -0.05) is 6.08 Å². The molecule has 0 unspecified atom stereocenters. The minimum Gasteiger partial charge on any atom is -0.480 e. The zero-order valence-electron chi connectivity index (χ0n) is 7.82. The predicted molar refractivity (Wildman–Crippen MR) is 41.6 cm³/mol. The van der Waals surface area contributed by atoms with Crippen LogP contribution in [0.4, 0.5) is 26.3 Å². The summed E-state index contributed by atoms with van der Waals surface area (Å²) in [5, 5.41) is 8.25. The summed E-state index contributed by atoms with van der Waals surface area (Å²) < 4.78 is 73.9. The third kappa shape index (κ3) is 2.30. The topological polar surface area (TPSA) is 37.3 Å². The van der Waals surface area contributed by atoms with Crippen LogP contribution < -0.4 is 0 Å². The van der Waals surface area contributed by atoms with Gasteiger partial charge < -0.3 is 5.11 Å². The molecule has 16 heavy (non-hydrogen) atoms. The SMILES string of the molecule is C=CCCC(C(=O)O)(C(F)(F)F)C(F)(F)F. The molecule has 0 heterocycles. The first-order valence-corrected chi connectivity index (χ1v) is 3.98. The van der Waals surface area contributed by atoms with E-state index in [1.807, 2.05) is 0 Å². The fraction of sp³-hybridized carbons (Fsp3) is 0.625. The number of carboxylic acid groups (broad SMARTS) is 1. The average Bonchev–Trinajstić information content (AvgIpc) is 1.99. The highest BCUT2D eigenvalue weighted by Gasteiger charge is 2.75. The third-order valence-corrected chi connectivity index (χ3v) is 2.06. The van der Waals surface area contributed by atoms with Gasteiger partial charge in [0.15, 0.2) is 0 Å². The quantitative estimate of drug-likeness (QED) is 0.614. The van der Waals surface area contributed by atoms with Crippen LogP contribution in [0.15, 0.2) is 12.7 Å². The van der Waals surface area contributed by atoms with E-state index < -0.39 is 36.6 Å². The van der Waals surface area contributed by atoms with Crippen molar-refractivity contribution in [3.63, 3.8) is 0 Å². The molecule has 0 rings (SSSR count). The fourth-order valence-electron chi connectivity index (χ4n) is 1.11. The van der Waals surface area contributed by atoms with Gasteiger partial charge in [-0.05, 0) is 12.8 Å². The summed E-state index contributed by atoms with van der Waals surface area (Å²) in [6.45, 7) is 2.96. The van der Waals surface area contributed by atoms with Crippen LogP contribution in [-0.2, 0) is 4.79 Å². The third-order valence-electron chi connectivity index (χ3n) is 2.06. The van der Waals surface area contributed by atoms with Crippen LogP contribution in [0.1, 0.15) is 12.8 Å². The van der Waals surface area contributed by atoms with Crippen LogP contribution in [0, 0.1) is 5.41 Å². The van der Waals surface area contributed by atoms with Crippen molar-refractivity contribution in [3.8, 4) is 0 Å². The summed E-state index contributed by atoms with van der Waals surface area (Å²) in [4.78, 5) is 10.3. The Hall–Kier alpha value is -1.21. The second-order valence-electron chi connectivity index (χ2n) is 3.03. The summed E-state index contributed by atoms with van der Waals surface area (Å²) in [5.41, 5.74) is -4.73. The first-order chi connectivity index (χ1) is 7.00. The molecule has 0 radical (unpaired) electrons. The van der Waals surface area contributed by atoms with E-state index in [-0.39, 0.29) is 0 Å². The van der Waals surface area contributed by atoms with Gasteiger partial charge in [0.1, 0.15) is 0 Å². The van der Waals surface area contributed by atoms with E-state index in [1.54, 1.807) is 0 Å². The van der Waals surface area contributed by atoms with E-state index >= 15 is 0 Å². The molecule has 1 N–H and O–H groups in total. The normalized spacial score (nSPS) is 13.6. The Labute approximate surface area is 86.6 Å². The van der Waals surface area contributed by atoms with Crippen LogP contribution in [0.2, 0.25) is 0 Å². The van der Waals surface area contributed by atoms with Crippen LogP contribution >= 0.6 is 0 Å². The van der Waals surface area contributed by atoms with E-state index in [0.717, 1.165) is 6.08 Å². The van der Waals surface area contributed by atoms with Crippen LogP contribution in [0.25, 0.3) is 0 Å². The lowest BCUT2D eigenvalue weighted by atomic mass is 9.81. The molecule has 0 saturated carbocycles. The Kier molecular flexibility index (Phi) is 4.01. The number of carboxylic acids is 1. The molecule has 0 aliphatic rings.